The highest BCUT2D eigenvalue weighted by Gasteiger charge is 2.52. The summed E-state index contributed by atoms with van der Waals surface area (Å²) in [6, 6.07) is 2.77. The van der Waals surface area contributed by atoms with Crippen molar-refractivity contribution in [2.45, 2.75) is 70.9 Å². The molecule has 4 heterocycles. The number of hydrogen-bond donors (Lipinski definition) is 2. The number of hydrogen-bond acceptors (Lipinski definition) is 8. The third kappa shape index (κ3) is 4.49. The monoisotopic (exact) mass is 490 g/mol. The topological polar surface area (TPSA) is 107 Å². The number of nitrogens with two attached hydrogens (primary N) is 1. The largest absolute Gasteiger partial charge is 0.495 e. The Morgan fingerprint density at radius 3 is 2.64 bits per heavy atom. The van der Waals surface area contributed by atoms with Gasteiger partial charge in [-0.05, 0) is 94.3 Å². The second kappa shape index (κ2) is 9.18. The summed E-state index contributed by atoms with van der Waals surface area (Å²) in [6.07, 6.45) is 11.6. The minimum absolute atomic E-state index is 0.264. The maximum Gasteiger partial charge on any atom is 0.222 e. The molecule has 0 radical (unpaired) electrons. The first-order valence-corrected chi connectivity index (χ1v) is 13.4. The molecule has 2 saturated carbocycles. The molecule has 0 atom stereocenters. The predicted octanol–water partition coefficient (Wildman–Crippen LogP) is 4.05. The lowest BCUT2D eigenvalue weighted by molar-refractivity contribution is 0.171. The molecule has 0 aromatic carbocycles. The highest BCUT2D eigenvalue weighted by Crippen LogP contribution is 2.63. The van der Waals surface area contributed by atoms with Crippen molar-refractivity contribution < 1.29 is 4.74 Å². The van der Waals surface area contributed by atoms with Crippen molar-refractivity contribution in [1.29, 1.82) is 0 Å². The van der Waals surface area contributed by atoms with Gasteiger partial charge in [0.25, 0.3) is 0 Å². The van der Waals surface area contributed by atoms with E-state index in [0.717, 1.165) is 60.8 Å². The Bertz CT molecular complexity index is 1230. The van der Waals surface area contributed by atoms with Crippen LogP contribution in [0.25, 0.3) is 11.0 Å². The van der Waals surface area contributed by atoms with E-state index >= 15 is 0 Å². The van der Waals surface area contributed by atoms with Crippen molar-refractivity contribution in [3.63, 3.8) is 0 Å². The molecule has 3 fully saturated rings. The number of nitrogens with one attached hydrogen (secondary N) is 1. The fourth-order valence-electron chi connectivity index (χ4n) is 6.29. The van der Waals surface area contributed by atoms with Gasteiger partial charge < -0.3 is 20.7 Å². The van der Waals surface area contributed by atoms with E-state index in [1.165, 1.54) is 31.2 Å². The molecule has 6 rings (SSSR count). The number of pyridine rings is 1. The smallest absolute Gasteiger partial charge is 0.222 e. The molecule has 1 saturated heterocycles. The lowest BCUT2D eigenvalue weighted by Crippen LogP contribution is -2.37. The van der Waals surface area contributed by atoms with Gasteiger partial charge in [0, 0.05) is 18.8 Å². The first-order chi connectivity index (χ1) is 17.4. The number of likely N-dealkylation sites (tertiary alicyclic amines) is 1. The summed E-state index contributed by atoms with van der Waals surface area (Å²) in [6.45, 7) is 8.20. The SMILES string of the molecule is COc1cc(C2CCN(C(C)C)CC2)cnc1Cn1ncc2nc(N)nc(NCC3CC4(CC4)C3)c21. The van der Waals surface area contributed by atoms with Gasteiger partial charge in [-0.1, -0.05) is 0 Å². The van der Waals surface area contributed by atoms with Crippen LogP contribution in [0.4, 0.5) is 11.8 Å². The van der Waals surface area contributed by atoms with E-state index in [1.54, 1.807) is 13.3 Å². The maximum atomic E-state index is 6.02. The minimum Gasteiger partial charge on any atom is -0.495 e. The quantitative estimate of drug-likeness (QED) is 0.487. The Hall–Kier alpha value is -2.94. The number of ether oxygens (including phenoxy) is 1. The van der Waals surface area contributed by atoms with Crippen molar-refractivity contribution in [2.75, 3.05) is 37.8 Å². The van der Waals surface area contributed by atoms with Crippen LogP contribution in [0.1, 0.15) is 69.5 Å². The number of rotatable bonds is 8. The lowest BCUT2D eigenvalue weighted by atomic mass is 9.72. The Labute approximate surface area is 212 Å². The summed E-state index contributed by atoms with van der Waals surface area (Å²) >= 11 is 0. The van der Waals surface area contributed by atoms with Gasteiger partial charge >= 0.3 is 0 Å². The van der Waals surface area contributed by atoms with E-state index in [4.69, 9.17) is 15.5 Å². The number of piperidine rings is 1. The summed E-state index contributed by atoms with van der Waals surface area (Å²) in [5.74, 6) is 3.04. The number of anilines is 2. The Kier molecular flexibility index (Phi) is 5.98. The van der Waals surface area contributed by atoms with Crippen molar-refractivity contribution in [3.8, 4) is 5.75 Å². The molecule has 3 aromatic heterocycles. The van der Waals surface area contributed by atoms with E-state index in [2.05, 4.69) is 45.2 Å². The van der Waals surface area contributed by atoms with E-state index in [1.807, 2.05) is 10.9 Å². The minimum atomic E-state index is 0.264. The zero-order valence-corrected chi connectivity index (χ0v) is 21.7. The van der Waals surface area contributed by atoms with Crippen molar-refractivity contribution in [3.05, 3.63) is 29.7 Å². The highest BCUT2D eigenvalue weighted by atomic mass is 16.5. The molecule has 0 unspecified atom stereocenters. The molecule has 0 amide bonds. The van der Waals surface area contributed by atoms with Crippen LogP contribution in [0.3, 0.4) is 0 Å². The molecule has 9 heteroatoms. The lowest BCUT2D eigenvalue weighted by Gasteiger charge is -2.36. The van der Waals surface area contributed by atoms with Crippen LogP contribution in [-0.2, 0) is 6.54 Å². The highest BCUT2D eigenvalue weighted by molar-refractivity contribution is 5.86. The molecule has 192 valence electrons. The summed E-state index contributed by atoms with van der Waals surface area (Å²) < 4.78 is 7.70. The standard InChI is InChI=1S/C27H38N8O/c1-17(2)34-8-4-19(5-9-34)20-10-23(36-3)22(29-14-20)16-35-24-21(15-31-35)32-26(28)33-25(24)30-13-18-11-27(12-18)6-7-27/h10,14-15,17-19H,4-9,11-13,16H2,1-3H3,(H3,28,30,32,33). The molecular weight excluding hydrogens is 452 g/mol. The zero-order chi connectivity index (χ0) is 24.9. The van der Waals surface area contributed by atoms with Crippen LogP contribution in [0, 0.1) is 11.3 Å². The number of aromatic nitrogens is 5. The van der Waals surface area contributed by atoms with Gasteiger partial charge in [0.05, 0.1) is 19.9 Å². The fraction of sp³-hybridized carbons (Fsp3) is 0.630. The number of nitrogen functional groups attached to an aromatic ring is 1. The fourth-order valence-corrected chi connectivity index (χ4v) is 6.29. The molecule has 1 spiro atoms. The molecule has 2 aliphatic carbocycles. The summed E-state index contributed by atoms with van der Waals surface area (Å²) in [4.78, 5) is 16.3. The van der Waals surface area contributed by atoms with Crippen molar-refractivity contribution in [2.24, 2.45) is 11.3 Å². The molecule has 36 heavy (non-hydrogen) atoms. The Morgan fingerprint density at radius 2 is 1.94 bits per heavy atom. The van der Waals surface area contributed by atoms with E-state index in [0.29, 0.717) is 29.8 Å². The van der Waals surface area contributed by atoms with E-state index in [9.17, 15) is 0 Å². The Balaban J connectivity index is 1.20. The molecule has 3 aromatic rings. The Morgan fingerprint density at radius 1 is 1.17 bits per heavy atom. The molecule has 3 N–H and O–H groups in total. The zero-order valence-electron chi connectivity index (χ0n) is 21.7. The van der Waals surface area contributed by atoms with Gasteiger partial charge in [0.1, 0.15) is 22.5 Å². The summed E-state index contributed by atoms with van der Waals surface area (Å²) in [7, 11) is 1.72. The average Bonchev–Trinajstić information content (AvgIpc) is 3.57. The summed E-state index contributed by atoms with van der Waals surface area (Å²) in [5.41, 5.74) is 10.4. The van der Waals surface area contributed by atoms with Crippen LogP contribution in [-0.4, -0.2) is 62.4 Å². The third-order valence-electron chi connectivity index (χ3n) is 8.67. The molecule has 9 nitrogen and oxygen atoms in total. The van der Waals surface area contributed by atoms with Gasteiger partial charge in [-0.25, -0.2) is 4.98 Å². The van der Waals surface area contributed by atoms with Gasteiger partial charge in [-0.3, -0.25) is 9.67 Å². The maximum absolute atomic E-state index is 6.02. The molecule has 0 bridgehead atoms. The van der Waals surface area contributed by atoms with E-state index < -0.39 is 0 Å². The second-order valence-electron chi connectivity index (χ2n) is 11.4. The van der Waals surface area contributed by atoms with Crippen molar-refractivity contribution >= 4 is 22.8 Å². The van der Waals surface area contributed by atoms with E-state index in [-0.39, 0.29) is 5.95 Å². The van der Waals surface area contributed by atoms with Crippen LogP contribution >= 0.6 is 0 Å². The molecular formula is C27H38N8O. The number of nitrogens with zero attached hydrogens (tertiary/aromatic N) is 6. The summed E-state index contributed by atoms with van der Waals surface area (Å²) in [5, 5.41) is 8.17. The molecule has 3 aliphatic rings. The predicted molar refractivity (Wildman–Crippen MR) is 141 cm³/mol. The first-order valence-electron chi connectivity index (χ1n) is 13.4. The third-order valence-corrected chi connectivity index (χ3v) is 8.67. The van der Waals surface area contributed by atoms with Crippen LogP contribution in [0.15, 0.2) is 18.5 Å². The number of fused-ring (bicyclic) bond motifs is 1. The second-order valence-corrected chi connectivity index (χ2v) is 11.4. The normalized spacial score (nSPS) is 20.2. The first kappa shape index (κ1) is 23.5. The average molecular weight is 491 g/mol. The van der Waals surface area contributed by atoms with Gasteiger partial charge in [0.15, 0.2) is 5.82 Å². The van der Waals surface area contributed by atoms with Crippen LogP contribution < -0.4 is 15.8 Å². The van der Waals surface area contributed by atoms with Gasteiger partial charge in [-0.15, -0.1) is 0 Å². The van der Waals surface area contributed by atoms with Crippen molar-refractivity contribution in [1.82, 2.24) is 29.6 Å². The van der Waals surface area contributed by atoms with Crippen LogP contribution in [0.5, 0.6) is 5.75 Å². The molecule has 1 aliphatic heterocycles. The van der Waals surface area contributed by atoms with Gasteiger partial charge in [0.2, 0.25) is 5.95 Å². The number of methoxy groups -OCH3 is 1. The van der Waals surface area contributed by atoms with Gasteiger partial charge in [-0.2, -0.15) is 10.1 Å². The van der Waals surface area contributed by atoms with Crippen LogP contribution in [0.2, 0.25) is 0 Å².